The van der Waals surface area contributed by atoms with E-state index >= 15 is 0 Å². The standard InChI is InChI=1S/C16H16F3N3O5S/c1-9-4-3-7-22(9)13-14(27-28(24,25)16(17,18)19)21-11-6-5-10(15(23)26-2)8-12(11)20-13/h5-6,8-9H,3-4,7H2,1-2H3/t9-/m1/s1. The highest BCUT2D eigenvalue weighted by Gasteiger charge is 2.49. The Morgan fingerprint density at radius 2 is 1.96 bits per heavy atom. The lowest BCUT2D eigenvalue weighted by atomic mass is 10.2. The van der Waals surface area contributed by atoms with Gasteiger partial charge in [-0.05, 0) is 38.0 Å². The molecular formula is C16H16F3N3O5S. The number of carbonyl (C=O) groups is 1. The molecule has 1 aromatic carbocycles. The van der Waals surface area contributed by atoms with Crippen molar-refractivity contribution in [2.45, 2.75) is 31.3 Å². The Morgan fingerprint density at radius 1 is 1.25 bits per heavy atom. The number of anilines is 1. The van der Waals surface area contributed by atoms with Crippen LogP contribution in [0.5, 0.6) is 5.88 Å². The molecule has 3 rings (SSSR count). The van der Waals surface area contributed by atoms with E-state index < -0.39 is 27.5 Å². The summed E-state index contributed by atoms with van der Waals surface area (Å²) in [6.45, 7) is 2.27. The van der Waals surface area contributed by atoms with Crippen molar-refractivity contribution >= 4 is 32.9 Å². The van der Waals surface area contributed by atoms with Gasteiger partial charge >= 0.3 is 21.6 Å². The van der Waals surface area contributed by atoms with Crippen LogP contribution in [0.3, 0.4) is 0 Å². The maximum absolute atomic E-state index is 12.8. The molecule has 0 aliphatic carbocycles. The molecule has 8 nitrogen and oxygen atoms in total. The molecule has 12 heteroatoms. The zero-order valence-electron chi connectivity index (χ0n) is 14.9. The van der Waals surface area contributed by atoms with E-state index in [1.54, 1.807) is 4.90 Å². The number of methoxy groups -OCH3 is 1. The van der Waals surface area contributed by atoms with E-state index in [0.717, 1.165) is 12.8 Å². The Kier molecular flexibility index (Phi) is 5.08. The number of rotatable bonds is 4. The fourth-order valence-corrected chi connectivity index (χ4v) is 3.33. The molecular weight excluding hydrogens is 403 g/mol. The topological polar surface area (TPSA) is 98.7 Å². The summed E-state index contributed by atoms with van der Waals surface area (Å²) in [7, 11) is -4.71. The van der Waals surface area contributed by atoms with E-state index in [4.69, 9.17) is 0 Å². The van der Waals surface area contributed by atoms with Crippen molar-refractivity contribution in [2.24, 2.45) is 0 Å². The van der Waals surface area contributed by atoms with Gasteiger partial charge in [0.05, 0.1) is 23.7 Å². The average molecular weight is 419 g/mol. The first-order valence-corrected chi connectivity index (χ1v) is 9.62. The fraction of sp³-hybridized carbons (Fsp3) is 0.438. The van der Waals surface area contributed by atoms with Gasteiger partial charge in [-0.2, -0.15) is 21.6 Å². The largest absolute Gasteiger partial charge is 0.534 e. The molecule has 0 spiro atoms. The molecule has 0 amide bonds. The zero-order chi connectivity index (χ0) is 20.7. The number of benzene rings is 1. The van der Waals surface area contributed by atoms with Crippen molar-refractivity contribution in [3.63, 3.8) is 0 Å². The summed E-state index contributed by atoms with van der Waals surface area (Å²) in [6, 6.07) is 3.91. The monoisotopic (exact) mass is 419 g/mol. The molecule has 1 fully saturated rings. The highest BCUT2D eigenvalue weighted by atomic mass is 32.2. The Hall–Kier alpha value is -2.63. The normalized spacial score (nSPS) is 17.8. The van der Waals surface area contributed by atoms with E-state index in [1.807, 2.05) is 6.92 Å². The third kappa shape index (κ3) is 3.68. The number of nitrogens with zero attached hydrogens (tertiary/aromatic N) is 3. The van der Waals surface area contributed by atoms with Gasteiger partial charge < -0.3 is 13.8 Å². The van der Waals surface area contributed by atoms with Crippen molar-refractivity contribution in [3.8, 4) is 5.88 Å². The molecule has 0 saturated carbocycles. The predicted octanol–water partition coefficient (Wildman–Crippen LogP) is 2.63. The molecule has 152 valence electrons. The van der Waals surface area contributed by atoms with E-state index in [1.165, 1.54) is 25.3 Å². The maximum Gasteiger partial charge on any atom is 0.534 e. The van der Waals surface area contributed by atoms with Crippen LogP contribution in [0.15, 0.2) is 18.2 Å². The molecule has 1 aliphatic rings. The number of aromatic nitrogens is 2. The molecule has 1 aliphatic heterocycles. The average Bonchev–Trinajstić information content (AvgIpc) is 3.04. The van der Waals surface area contributed by atoms with Gasteiger partial charge in [0, 0.05) is 12.6 Å². The first-order chi connectivity index (χ1) is 13.0. The highest BCUT2D eigenvalue weighted by molar-refractivity contribution is 7.88. The minimum atomic E-state index is -5.92. The number of halogens is 3. The molecule has 1 atom stereocenters. The van der Waals surface area contributed by atoms with Gasteiger partial charge in [-0.1, -0.05) is 0 Å². The summed E-state index contributed by atoms with van der Waals surface area (Å²) in [5.74, 6) is -1.52. The minimum absolute atomic E-state index is 0.0654. The van der Waals surface area contributed by atoms with Crippen LogP contribution in [-0.2, 0) is 14.9 Å². The predicted molar refractivity (Wildman–Crippen MR) is 92.5 cm³/mol. The smallest absolute Gasteiger partial charge is 0.465 e. The molecule has 1 aromatic heterocycles. The van der Waals surface area contributed by atoms with E-state index in [0.29, 0.717) is 6.54 Å². The summed E-state index contributed by atoms with van der Waals surface area (Å²) in [6.07, 6.45) is 1.49. The second-order valence-corrected chi connectivity index (χ2v) is 7.75. The Bertz CT molecular complexity index is 1030. The first kappa shape index (κ1) is 20.1. The van der Waals surface area contributed by atoms with Gasteiger partial charge in [0.1, 0.15) is 0 Å². The quantitative estimate of drug-likeness (QED) is 0.424. The van der Waals surface area contributed by atoms with Crippen molar-refractivity contribution in [1.82, 2.24) is 9.97 Å². The molecule has 0 N–H and O–H groups in total. The van der Waals surface area contributed by atoms with Crippen LogP contribution in [-0.4, -0.2) is 49.6 Å². The van der Waals surface area contributed by atoms with E-state index in [9.17, 15) is 26.4 Å². The van der Waals surface area contributed by atoms with E-state index in [-0.39, 0.29) is 28.5 Å². The highest BCUT2D eigenvalue weighted by Crippen LogP contribution is 2.35. The van der Waals surface area contributed by atoms with Gasteiger partial charge in [-0.3, -0.25) is 0 Å². The summed E-state index contributed by atoms with van der Waals surface area (Å²) < 4.78 is 70.2. The fourth-order valence-electron chi connectivity index (χ4n) is 2.92. The number of alkyl halides is 3. The van der Waals surface area contributed by atoms with Crippen LogP contribution in [0.2, 0.25) is 0 Å². The molecule has 2 aromatic rings. The lowest BCUT2D eigenvalue weighted by molar-refractivity contribution is -0.0501. The van der Waals surface area contributed by atoms with Crippen molar-refractivity contribution in [1.29, 1.82) is 0 Å². The molecule has 2 heterocycles. The lowest BCUT2D eigenvalue weighted by Crippen LogP contribution is -2.31. The molecule has 0 bridgehead atoms. The zero-order valence-corrected chi connectivity index (χ0v) is 15.7. The number of hydrogen-bond acceptors (Lipinski definition) is 8. The Balaban J connectivity index is 2.16. The lowest BCUT2D eigenvalue weighted by Gasteiger charge is -2.24. The summed E-state index contributed by atoms with van der Waals surface area (Å²) in [4.78, 5) is 21.5. The number of hydrogen-bond donors (Lipinski definition) is 0. The molecule has 0 radical (unpaired) electrons. The number of esters is 1. The van der Waals surface area contributed by atoms with Crippen LogP contribution < -0.4 is 9.08 Å². The Labute approximate surface area is 158 Å². The van der Waals surface area contributed by atoms with Gasteiger partial charge in [-0.25, -0.2) is 14.8 Å². The second-order valence-electron chi connectivity index (χ2n) is 6.22. The van der Waals surface area contributed by atoms with E-state index in [2.05, 4.69) is 18.9 Å². The Morgan fingerprint density at radius 3 is 2.54 bits per heavy atom. The van der Waals surface area contributed by atoms with Crippen molar-refractivity contribution < 1.29 is 35.3 Å². The third-order valence-corrected chi connectivity index (χ3v) is 5.28. The SMILES string of the molecule is COC(=O)c1ccc2nc(OS(=O)(=O)C(F)(F)F)c(N3CCC[C@H]3C)nc2c1. The molecule has 28 heavy (non-hydrogen) atoms. The molecule has 1 saturated heterocycles. The van der Waals surface area contributed by atoms with Gasteiger partial charge in [-0.15, -0.1) is 0 Å². The van der Waals surface area contributed by atoms with Crippen LogP contribution in [0.25, 0.3) is 11.0 Å². The number of ether oxygens (including phenoxy) is 1. The summed E-state index contributed by atoms with van der Waals surface area (Å²) in [5.41, 5.74) is -5.18. The van der Waals surface area contributed by atoms with Crippen LogP contribution in [0.4, 0.5) is 19.0 Å². The summed E-state index contributed by atoms with van der Waals surface area (Å²) in [5, 5.41) is 0. The number of fused-ring (bicyclic) bond motifs is 1. The first-order valence-electron chi connectivity index (χ1n) is 8.21. The molecule has 0 unspecified atom stereocenters. The van der Waals surface area contributed by atoms with Crippen molar-refractivity contribution in [3.05, 3.63) is 23.8 Å². The van der Waals surface area contributed by atoms with Gasteiger partial charge in [0.25, 0.3) is 5.88 Å². The van der Waals surface area contributed by atoms with Crippen LogP contribution in [0, 0.1) is 0 Å². The van der Waals surface area contributed by atoms with Crippen LogP contribution in [0.1, 0.15) is 30.1 Å². The van der Waals surface area contributed by atoms with Gasteiger partial charge in [0.2, 0.25) is 0 Å². The minimum Gasteiger partial charge on any atom is -0.465 e. The van der Waals surface area contributed by atoms with Gasteiger partial charge in [0.15, 0.2) is 5.82 Å². The maximum atomic E-state index is 12.8. The van der Waals surface area contributed by atoms with Crippen molar-refractivity contribution in [2.75, 3.05) is 18.6 Å². The third-order valence-electron chi connectivity index (χ3n) is 4.33. The van der Waals surface area contributed by atoms with Crippen LogP contribution >= 0.6 is 0 Å². The summed E-state index contributed by atoms with van der Waals surface area (Å²) >= 11 is 0. The second kappa shape index (κ2) is 7.08. The number of carbonyl (C=O) groups excluding carboxylic acids is 1.